The zero-order valence-corrected chi connectivity index (χ0v) is 17.7. The van der Waals surface area contributed by atoms with Gasteiger partial charge in [-0.3, -0.25) is 9.59 Å². The number of halogens is 1. The number of hydrogen-bond donors (Lipinski definition) is 1. The SMILES string of the molecule is COc1cccc(C(=O)N2C[C@H](c3cccc(F)c3)[C@H](C(=O)NCCC(C)C)C2)c1. The number of rotatable bonds is 7. The zero-order valence-electron chi connectivity index (χ0n) is 17.7. The van der Waals surface area contributed by atoms with E-state index in [1.54, 1.807) is 42.3 Å². The summed E-state index contributed by atoms with van der Waals surface area (Å²) in [4.78, 5) is 27.7. The number of hydrogen-bond acceptors (Lipinski definition) is 3. The highest BCUT2D eigenvalue weighted by Gasteiger charge is 2.40. The summed E-state index contributed by atoms with van der Waals surface area (Å²) in [6.07, 6.45) is 0.884. The Kier molecular flexibility index (Phi) is 7.08. The number of likely N-dealkylation sites (tertiary alicyclic amines) is 1. The average molecular weight is 413 g/mol. The Morgan fingerprint density at radius 1 is 1.17 bits per heavy atom. The molecule has 2 amide bonds. The van der Waals surface area contributed by atoms with E-state index < -0.39 is 5.92 Å². The molecule has 2 aromatic rings. The van der Waals surface area contributed by atoms with Crippen LogP contribution in [0.15, 0.2) is 48.5 Å². The fourth-order valence-corrected chi connectivity index (χ4v) is 3.86. The van der Waals surface area contributed by atoms with E-state index in [1.807, 2.05) is 6.07 Å². The van der Waals surface area contributed by atoms with Gasteiger partial charge in [0.25, 0.3) is 5.91 Å². The molecule has 3 rings (SSSR count). The van der Waals surface area contributed by atoms with Crippen LogP contribution in [0.1, 0.15) is 42.1 Å². The van der Waals surface area contributed by atoms with Gasteiger partial charge in [0.15, 0.2) is 0 Å². The minimum Gasteiger partial charge on any atom is -0.497 e. The van der Waals surface area contributed by atoms with Gasteiger partial charge in [-0.2, -0.15) is 0 Å². The highest BCUT2D eigenvalue weighted by Crippen LogP contribution is 2.34. The summed E-state index contributed by atoms with van der Waals surface area (Å²) < 4.78 is 19.1. The van der Waals surface area contributed by atoms with E-state index in [0.29, 0.717) is 36.9 Å². The molecule has 30 heavy (non-hydrogen) atoms. The van der Waals surface area contributed by atoms with Gasteiger partial charge >= 0.3 is 0 Å². The number of amides is 2. The predicted octanol–water partition coefficient (Wildman–Crippen LogP) is 3.85. The van der Waals surface area contributed by atoms with E-state index in [2.05, 4.69) is 19.2 Å². The molecule has 0 spiro atoms. The van der Waals surface area contributed by atoms with Gasteiger partial charge in [-0.05, 0) is 48.2 Å². The largest absolute Gasteiger partial charge is 0.497 e. The van der Waals surface area contributed by atoms with Crippen molar-refractivity contribution in [2.75, 3.05) is 26.7 Å². The van der Waals surface area contributed by atoms with Crippen LogP contribution in [-0.2, 0) is 4.79 Å². The lowest BCUT2D eigenvalue weighted by molar-refractivity contribution is -0.124. The van der Waals surface area contributed by atoms with Crippen LogP contribution in [0.5, 0.6) is 5.75 Å². The lowest BCUT2D eigenvalue weighted by Crippen LogP contribution is -2.36. The highest BCUT2D eigenvalue weighted by molar-refractivity contribution is 5.95. The van der Waals surface area contributed by atoms with Crippen molar-refractivity contribution in [1.82, 2.24) is 10.2 Å². The Labute approximate surface area is 177 Å². The summed E-state index contributed by atoms with van der Waals surface area (Å²) in [5.74, 6) is -0.186. The number of methoxy groups -OCH3 is 1. The first-order valence-corrected chi connectivity index (χ1v) is 10.4. The second-order valence-electron chi connectivity index (χ2n) is 8.18. The molecule has 5 nitrogen and oxygen atoms in total. The second-order valence-corrected chi connectivity index (χ2v) is 8.18. The van der Waals surface area contributed by atoms with Gasteiger partial charge in [-0.15, -0.1) is 0 Å². The molecule has 1 aliphatic rings. The van der Waals surface area contributed by atoms with Gasteiger partial charge in [0.05, 0.1) is 13.0 Å². The summed E-state index contributed by atoms with van der Waals surface area (Å²) in [6, 6.07) is 13.3. The van der Waals surface area contributed by atoms with Crippen molar-refractivity contribution >= 4 is 11.8 Å². The summed E-state index contributed by atoms with van der Waals surface area (Å²) in [5, 5.41) is 3.00. The molecule has 0 radical (unpaired) electrons. The Balaban J connectivity index is 1.81. The number of carbonyl (C=O) groups is 2. The first-order chi connectivity index (χ1) is 14.4. The monoisotopic (exact) mass is 412 g/mol. The molecule has 1 N–H and O–H groups in total. The molecular weight excluding hydrogens is 383 g/mol. The van der Waals surface area contributed by atoms with Crippen molar-refractivity contribution in [3.05, 3.63) is 65.5 Å². The van der Waals surface area contributed by atoms with Crippen molar-refractivity contribution in [3.63, 3.8) is 0 Å². The zero-order chi connectivity index (χ0) is 21.7. The van der Waals surface area contributed by atoms with Crippen LogP contribution < -0.4 is 10.1 Å². The van der Waals surface area contributed by atoms with Crippen molar-refractivity contribution < 1.29 is 18.7 Å². The van der Waals surface area contributed by atoms with E-state index in [4.69, 9.17) is 4.74 Å². The lowest BCUT2D eigenvalue weighted by Gasteiger charge is -2.18. The summed E-state index contributed by atoms with van der Waals surface area (Å²) in [7, 11) is 1.55. The normalized spacial score (nSPS) is 18.5. The van der Waals surface area contributed by atoms with E-state index in [0.717, 1.165) is 12.0 Å². The molecule has 1 aliphatic heterocycles. The highest BCUT2D eigenvalue weighted by atomic mass is 19.1. The molecule has 160 valence electrons. The van der Waals surface area contributed by atoms with Crippen LogP contribution in [-0.4, -0.2) is 43.5 Å². The van der Waals surface area contributed by atoms with Crippen LogP contribution in [0.4, 0.5) is 4.39 Å². The fourth-order valence-electron chi connectivity index (χ4n) is 3.86. The van der Waals surface area contributed by atoms with Crippen molar-refractivity contribution in [3.8, 4) is 5.75 Å². The summed E-state index contributed by atoms with van der Waals surface area (Å²) in [5.41, 5.74) is 1.24. The molecule has 1 heterocycles. The minimum atomic E-state index is -0.423. The van der Waals surface area contributed by atoms with Gasteiger partial charge in [-0.25, -0.2) is 4.39 Å². The van der Waals surface area contributed by atoms with E-state index in [1.165, 1.54) is 12.1 Å². The molecule has 2 atom stereocenters. The molecule has 1 fully saturated rings. The first kappa shape index (κ1) is 21.8. The third-order valence-corrected chi connectivity index (χ3v) is 5.56. The molecule has 0 saturated carbocycles. The molecule has 0 aromatic heterocycles. The lowest BCUT2D eigenvalue weighted by atomic mass is 9.88. The van der Waals surface area contributed by atoms with E-state index >= 15 is 0 Å². The molecule has 1 saturated heterocycles. The topological polar surface area (TPSA) is 58.6 Å². The number of benzene rings is 2. The molecule has 0 unspecified atom stereocenters. The van der Waals surface area contributed by atoms with Crippen molar-refractivity contribution in [1.29, 1.82) is 0 Å². The standard InChI is InChI=1S/C24H29FN2O3/c1-16(2)10-11-26-23(28)22-15-27(14-21(22)17-6-4-8-19(25)12-17)24(29)18-7-5-9-20(13-18)30-3/h4-9,12-13,16,21-22H,10-11,14-15H2,1-3H3,(H,26,28)/t21-,22-/m1/s1. The molecular formula is C24H29FN2O3. The second kappa shape index (κ2) is 9.74. The average Bonchev–Trinajstić information content (AvgIpc) is 3.18. The third kappa shape index (κ3) is 5.17. The first-order valence-electron chi connectivity index (χ1n) is 10.4. The minimum absolute atomic E-state index is 0.0918. The maximum Gasteiger partial charge on any atom is 0.254 e. The molecule has 0 bridgehead atoms. The van der Waals surface area contributed by atoms with Crippen LogP contribution in [0.3, 0.4) is 0 Å². The molecule has 0 aliphatic carbocycles. The van der Waals surface area contributed by atoms with Gasteiger partial charge in [0.2, 0.25) is 5.91 Å². The Bertz CT molecular complexity index is 900. The quantitative estimate of drug-likeness (QED) is 0.752. The third-order valence-electron chi connectivity index (χ3n) is 5.56. The smallest absolute Gasteiger partial charge is 0.254 e. The molecule has 6 heteroatoms. The maximum absolute atomic E-state index is 13.8. The van der Waals surface area contributed by atoms with E-state index in [-0.39, 0.29) is 23.5 Å². The predicted molar refractivity (Wildman–Crippen MR) is 114 cm³/mol. The molecule has 2 aromatic carbocycles. The van der Waals surface area contributed by atoms with Gasteiger partial charge in [0.1, 0.15) is 11.6 Å². The van der Waals surface area contributed by atoms with Gasteiger partial charge in [0, 0.05) is 31.1 Å². The summed E-state index contributed by atoms with van der Waals surface area (Å²) in [6.45, 7) is 5.46. The fraction of sp³-hybridized carbons (Fsp3) is 0.417. The summed E-state index contributed by atoms with van der Waals surface area (Å²) >= 11 is 0. The number of nitrogens with zero attached hydrogens (tertiary/aromatic N) is 1. The van der Waals surface area contributed by atoms with Crippen LogP contribution in [0.25, 0.3) is 0 Å². The van der Waals surface area contributed by atoms with Crippen LogP contribution in [0, 0.1) is 17.7 Å². The van der Waals surface area contributed by atoms with Crippen LogP contribution in [0.2, 0.25) is 0 Å². The van der Waals surface area contributed by atoms with Gasteiger partial charge < -0.3 is 15.0 Å². The number of nitrogens with one attached hydrogen (secondary N) is 1. The van der Waals surface area contributed by atoms with Crippen molar-refractivity contribution in [2.24, 2.45) is 11.8 Å². The number of ether oxygens (including phenoxy) is 1. The van der Waals surface area contributed by atoms with Gasteiger partial charge in [-0.1, -0.05) is 32.0 Å². The Morgan fingerprint density at radius 3 is 2.63 bits per heavy atom. The Morgan fingerprint density at radius 2 is 1.93 bits per heavy atom. The maximum atomic E-state index is 13.8. The van der Waals surface area contributed by atoms with E-state index in [9.17, 15) is 14.0 Å². The van der Waals surface area contributed by atoms with Crippen molar-refractivity contribution in [2.45, 2.75) is 26.2 Å². The Hall–Kier alpha value is -2.89. The van der Waals surface area contributed by atoms with Crippen LogP contribution >= 0.6 is 0 Å². The number of carbonyl (C=O) groups excluding carboxylic acids is 2.